The van der Waals surface area contributed by atoms with Crippen LogP contribution in [-0.4, -0.2) is 58.9 Å². The topological polar surface area (TPSA) is 95.7 Å². The number of nitrogens with two attached hydrogens (primary N) is 1. The molecule has 4 rings (SSSR count). The molecule has 0 radical (unpaired) electrons. The Kier molecular flexibility index (Phi) is 7.09. The van der Waals surface area contributed by atoms with E-state index < -0.39 is 23.8 Å². The minimum absolute atomic E-state index is 0.0631. The Morgan fingerprint density at radius 1 is 0.909 bits per heavy atom. The van der Waals surface area contributed by atoms with E-state index in [1.165, 1.54) is 28.0 Å². The van der Waals surface area contributed by atoms with Crippen LogP contribution in [0.2, 0.25) is 0 Å². The van der Waals surface area contributed by atoms with Crippen LogP contribution in [0.5, 0.6) is 0 Å². The zero-order valence-electron chi connectivity index (χ0n) is 18.0. The zero-order chi connectivity index (χ0) is 23.5. The van der Waals surface area contributed by atoms with Gasteiger partial charge in [-0.15, -0.1) is 0 Å². The second-order valence-electron chi connectivity index (χ2n) is 8.51. The molecule has 7 nitrogen and oxygen atoms in total. The molecule has 1 aliphatic heterocycles. The Bertz CT molecular complexity index is 992. The quantitative estimate of drug-likeness (QED) is 0.652. The van der Waals surface area contributed by atoms with Crippen LogP contribution in [0.15, 0.2) is 53.0 Å². The number of carbonyl (C=O) groups excluding carboxylic acids is 3. The number of carbonyl (C=O) groups is 3. The van der Waals surface area contributed by atoms with Crippen molar-refractivity contribution in [2.45, 2.75) is 43.9 Å². The summed E-state index contributed by atoms with van der Waals surface area (Å²) in [6.07, 6.45) is 1.99. The minimum atomic E-state index is -1.12. The molecular weight excluding hydrogens is 491 g/mol. The van der Waals surface area contributed by atoms with Gasteiger partial charge >= 0.3 is 0 Å². The predicted molar refractivity (Wildman–Crippen MR) is 125 cm³/mol. The molecule has 9 heteroatoms. The summed E-state index contributed by atoms with van der Waals surface area (Å²) in [6.45, 7) is 0.364. The summed E-state index contributed by atoms with van der Waals surface area (Å²) in [6, 6.07) is 12.3. The molecule has 1 saturated carbocycles. The van der Waals surface area contributed by atoms with E-state index in [2.05, 4.69) is 21.2 Å². The summed E-state index contributed by atoms with van der Waals surface area (Å²) in [7, 11) is 0. The molecule has 1 atom stereocenters. The summed E-state index contributed by atoms with van der Waals surface area (Å²) >= 11 is 3.37. The number of nitrogens with zero attached hydrogens (tertiary/aromatic N) is 2. The number of benzene rings is 2. The Balaban J connectivity index is 1.61. The van der Waals surface area contributed by atoms with E-state index in [9.17, 15) is 18.8 Å². The van der Waals surface area contributed by atoms with Crippen LogP contribution < -0.4 is 11.1 Å². The van der Waals surface area contributed by atoms with Gasteiger partial charge in [-0.1, -0.05) is 28.1 Å². The zero-order valence-corrected chi connectivity index (χ0v) is 19.6. The van der Waals surface area contributed by atoms with Gasteiger partial charge in [0.15, 0.2) is 6.17 Å². The molecule has 1 aliphatic carbocycles. The number of nitrogens with one attached hydrogen (secondary N) is 1. The van der Waals surface area contributed by atoms with E-state index in [1.54, 1.807) is 24.3 Å². The molecule has 2 aromatic rings. The first-order valence-electron chi connectivity index (χ1n) is 11.0. The van der Waals surface area contributed by atoms with E-state index in [0.29, 0.717) is 5.56 Å². The number of amides is 3. The van der Waals surface area contributed by atoms with Crippen molar-refractivity contribution in [3.8, 4) is 0 Å². The van der Waals surface area contributed by atoms with Gasteiger partial charge in [0, 0.05) is 40.8 Å². The van der Waals surface area contributed by atoms with Crippen molar-refractivity contribution >= 4 is 33.7 Å². The lowest BCUT2D eigenvalue weighted by Gasteiger charge is -2.32. The maximum Gasteiger partial charge on any atom is 0.264 e. The molecule has 33 heavy (non-hydrogen) atoms. The van der Waals surface area contributed by atoms with Gasteiger partial charge in [-0.2, -0.15) is 0 Å². The van der Waals surface area contributed by atoms with Gasteiger partial charge in [-0.3, -0.25) is 14.4 Å². The van der Waals surface area contributed by atoms with Gasteiger partial charge in [-0.25, -0.2) is 4.39 Å². The summed E-state index contributed by atoms with van der Waals surface area (Å²) in [5.41, 5.74) is 6.51. The van der Waals surface area contributed by atoms with Gasteiger partial charge in [0.2, 0.25) is 0 Å². The molecule has 2 aliphatic rings. The van der Waals surface area contributed by atoms with Gasteiger partial charge in [-0.05, 0) is 62.1 Å². The Morgan fingerprint density at radius 2 is 1.48 bits per heavy atom. The Morgan fingerprint density at radius 3 is 2.06 bits per heavy atom. The van der Waals surface area contributed by atoms with Gasteiger partial charge in [0.25, 0.3) is 17.7 Å². The highest BCUT2D eigenvalue weighted by Gasteiger charge is 2.43. The first-order chi connectivity index (χ1) is 15.8. The standard InChI is InChI=1S/C24H26BrFN4O3/c25-17-5-1-3-15(13-17)23(32)29-11-12-30(24(33)16-4-2-6-18(26)14-16)22(29)21(31)28-20-9-7-19(27)8-10-20/h1-6,13-14,19-20,22H,7-12,27H2,(H,28,31). The van der Waals surface area contributed by atoms with E-state index in [1.807, 2.05) is 0 Å². The third-order valence-corrected chi connectivity index (χ3v) is 6.68. The summed E-state index contributed by atoms with van der Waals surface area (Å²) in [5, 5.41) is 3.01. The maximum absolute atomic E-state index is 13.7. The van der Waals surface area contributed by atoms with Crippen LogP contribution in [0.1, 0.15) is 46.4 Å². The van der Waals surface area contributed by atoms with Crippen molar-refractivity contribution in [3.05, 3.63) is 69.9 Å². The number of hydrogen-bond donors (Lipinski definition) is 2. The fourth-order valence-corrected chi connectivity index (χ4v) is 4.85. The number of rotatable bonds is 4. The second kappa shape index (κ2) is 10.0. The van der Waals surface area contributed by atoms with Gasteiger partial charge < -0.3 is 20.9 Å². The third kappa shape index (κ3) is 5.25. The molecule has 1 heterocycles. The summed E-state index contributed by atoms with van der Waals surface area (Å²) < 4.78 is 14.5. The first-order valence-corrected chi connectivity index (χ1v) is 11.8. The van der Waals surface area contributed by atoms with E-state index >= 15 is 0 Å². The van der Waals surface area contributed by atoms with Crippen LogP contribution in [0.3, 0.4) is 0 Å². The van der Waals surface area contributed by atoms with Crippen molar-refractivity contribution in [2.75, 3.05) is 13.1 Å². The van der Waals surface area contributed by atoms with E-state index in [-0.39, 0.29) is 36.6 Å². The highest BCUT2D eigenvalue weighted by atomic mass is 79.9. The maximum atomic E-state index is 13.7. The normalized spacial score (nSPS) is 22.8. The van der Waals surface area contributed by atoms with E-state index in [4.69, 9.17) is 5.73 Å². The lowest BCUT2D eigenvalue weighted by atomic mass is 9.92. The van der Waals surface area contributed by atoms with E-state index in [0.717, 1.165) is 36.2 Å². The molecule has 0 spiro atoms. The van der Waals surface area contributed by atoms with Gasteiger partial charge in [0.05, 0.1) is 0 Å². The SMILES string of the molecule is NC1CCC(NC(=O)C2N(C(=O)c3cccc(F)c3)CCN2C(=O)c2cccc(Br)c2)CC1. The fraction of sp³-hybridized carbons (Fsp3) is 0.375. The van der Waals surface area contributed by atoms with Crippen molar-refractivity contribution in [1.82, 2.24) is 15.1 Å². The third-order valence-electron chi connectivity index (χ3n) is 6.19. The lowest BCUT2D eigenvalue weighted by molar-refractivity contribution is -0.129. The smallest absolute Gasteiger partial charge is 0.264 e. The second-order valence-corrected chi connectivity index (χ2v) is 9.43. The molecule has 3 amide bonds. The summed E-state index contributed by atoms with van der Waals surface area (Å²) in [5.74, 6) is -1.80. The highest BCUT2D eigenvalue weighted by molar-refractivity contribution is 9.10. The Labute approximate surface area is 200 Å². The lowest BCUT2D eigenvalue weighted by Crippen LogP contribution is -2.56. The monoisotopic (exact) mass is 516 g/mol. The van der Waals surface area contributed by atoms with Crippen molar-refractivity contribution in [2.24, 2.45) is 5.73 Å². The minimum Gasteiger partial charge on any atom is -0.350 e. The molecule has 0 bridgehead atoms. The van der Waals surface area contributed by atoms with Crippen LogP contribution in [0, 0.1) is 5.82 Å². The number of hydrogen-bond acceptors (Lipinski definition) is 4. The van der Waals surface area contributed by atoms with Crippen LogP contribution in [0.4, 0.5) is 4.39 Å². The van der Waals surface area contributed by atoms with Crippen LogP contribution in [-0.2, 0) is 4.79 Å². The Hall–Kier alpha value is -2.78. The molecule has 0 aromatic heterocycles. The fourth-order valence-electron chi connectivity index (χ4n) is 4.45. The number of halogens is 2. The van der Waals surface area contributed by atoms with Gasteiger partial charge in [0.1, 0.15) is 5.82 Å². The highest BCUT2D eigenvalue weighted by Crippen LogP contribution is 2.24. The van der Waals surface area contributed by atoms with Crippen LogP contribution in [0.25, 0.3) is 0 Å². The molecule has 2 fully saturated rings. The molecule has 1 saturated heterocycles. The first kappa shape index (κ1) is 23.4. The average molecular weight is 517 g/mol. The largest absolute Gasteiger partial charge is 0.350 e. The predicted octanol–water partition coefficient (Wildman–Crippen LogP) is 2.90. The molecule has 2 aromatic carbocycles. The molecule has 174 valence electrons. The van der Waals surface area contributed by atoms with Crippen molar-refractivity contribution in [1.29, 1.82) is 0 Å². The van der Waals surface area contributed by atoms with Crippen molar-refractivity contribution in [3.63, 3.8) is 0 Å². The summed E-state index contributed by atoms with van der Waals surface area (Å²) in [4.78, 5) is 42.7. The average Bonchev–Trinajstić information content (AvgIpc) is 3.25. The molecular formula is C24H26BrFN4O3. The molecule has 3 N–H and O–H groups in total. The van der Waals surface area contributed by atoms with Crippen LogP contribution >= 0.6 is 15.9 Å². The van der Waals surface area contributed by atoms with Crippen molar-refractivity contribution < 1.29 is 18.8 Å². The molecule has 1 unspecified atom stereocenters.